The van der Waals surface area contributed by atoms with Crippen molar-refractivity contribution in [3.8, 4) is 0 Å². The number of nitrogens with one attached hydrogen (secondary N) is 4. The van der Waals surface area contributed by atoms with Gasteiger partial charge in [0.2, 0.25) is 11.9 Å². The van der Waals surface area contributed by atoms with E-state index in [1.54, 1.807) is 0 Å². The van der Waals surface area contributed by atoms with Crippen molar-refractivity contribution >= 4 is 45.9 Å². The molecule has 162 valence electrons. The van der Waals surface area contributed by atoms with Crippen LogP contribution in [0.1, 0.15) is 22.3 Å². The van der Waals surface area contributed by atoms with Crippen molar-refractivity contribution in [1.82, 2.24) is 21.5 Å². The minimum absolute atomic E-state index is 0.708. The number of rotatable bonds is 4. The van der Waals surface area contributed by atoms with Gasteiger partial charge in [-0.05, 0) is 46.5 Å². The summed E-state index contributed by atoms with van der Waals surface area (Å²) in [7, 11) is 0. The normalized spacial score (nSPS) is 15.9. The molecule has 0 amide bonds. The first-order valence-corrected chi connectivity index (χ1v) is 10.8. The Morgan fingerprint density at radius 2 is 1.22 bits per heavy atom. The Morgan fingerprint density at radius 3 is 1.62 bits per heavy atom. The zero-order valence-corrected chi connectivity index (χ0v) is 18.2. The van der Waals surface area contributed by atoms with Crippen molar-refractivity contribution in [2.24, 2.45) is 20.2 Å². The lowest BCUT2D eigenvalue weighted by molar-refractivity contribution is 0.920. The Kier molecular flexibility index (Phi) is 5.41. The van der Waals surface area contributed by atoms with Crippen molar-refractivity contribution in [1.29, 1.82) is 0 Å². The van der Waals surface area contributed by atoms with Gasteiger partial charge in [0.1, 0.15) is 0 Å². The maximum absolute atomic E-state index is 4.48. The van der Waals surface area contributed by atoms with E-state index in [-0.39, 0.29) is 0 Å². The lowest BCUT2D eigenvalue weighted by atomic mass is 9.90. The summed E-state index contributed by atoms with van der Waals surface area (Å²) in [6.07, 6.45) is 3.77. The second kappa shape index (κ2) is 8.66. The lowest BCUT2D eigenvalue weighted by Gasteiger charge is -2.14. The molecule has 2 aliphatic heterocycles. The largest absolute Gasteiger partial charge is 0.353 e. The minimum atomic E-state index is 0.708. The van der Waals surface area contributed by atoms with Crippen LogP contribution >= 0.6 is 0 Å². The van der Waals surface area contributed by atoms with Crippen LogP contribution < -0.4 is 21.5 Å². The van der Waals surface area contributed by atoms with Crippen LogP contribution in [-0.4, -0.2) is 50.5 Å². The molecule has 8 nitrogen and oxygen atoms in total. The predicted molar refractivity (Wildman–Crippen MR) is 133 cm³/mol. The highest BCUT2D eigenvalue weighted by molar-refractivity contribution is 6.21. The van der Waals surface area contributed by atoms with E-state index >= 15 is 0 Å². The quantitative estimate of drug-likeness (QED) is 0.293. The molecule has 4 N–H and O–H groups in total. The van der Waals surface area contributed by atoms with Crippen LogP contribution in [0.5, 0.6) is 0 Å². The molecule has 0 atom stereocenters. The summed E-state index contributed by atoms with van der Waals surface area (Å²) in [6.45, 7) is 7.50. The molecule has 0 saturated carbocycles. The van der Waals surface area contributed by atoms with Crippen molar-refractivity contribution in [2.45, 2.75) is 13.8 Å². The number of aliphatic imine (C=N–C) groups is 2. The summed E-state index contributed by atoms with van der Waals surface area (Å²) in [5, 5.41) is 19.8. The van der Waals surface area contributed by atoms with Gasteiger partial charge in [-0.2, -0.15) is 10.2 Å². The molecule has 0 spiro atoms. The maximum atomic E-state index is 4.48. The van der Waals surface area contributed by atoms with E-state index in [0.717, 1.165) is 58.9 Å². The van der Waals surface area contributed by atoms with Gasteiger partial charge in [-0.15, -0.1) is 0 Å². The van der Waals surface area contributed by atoms with Crippen LogP contribution in [-0.2, 0) is 0 Å². The Morgan fingerprint density at radius 1 is 0.750 bits per heavy atom. The number of hydrazone groups is 2. The molecule has 0 fully saturated rings. The molecule has 0 unspecified atom stereocenters. The van der Waals surface area contributed by atoms with E-state index in [1.807, 2.05) is 12.4 Å². The highest BCUT2D eigenvalue weighted by Gasteiger charge is 2.14. The molecular weight excluding hydrogens is 400 g/mol. The number of benzene rings is 3. The Hall–Kier alpha value is -3.94. The molecule has 32 heavy (non-hydrogen) atoms. The van der Waals surface area contributed by atoms with Crippen LogP contribution in [0.25, 0.3) is 21.5 Å². The molecule has 5 rings (SSSR count). The van der Waals surface area contributed by atoms with Gasteiger partial charge in [0.25, 0.3) is 0 Å². The SMILES string of the molecule is Cc1cc2c(/C=N/NC3=NCCN3)c3ccccc3c(/C=N/NC3=NCCN3)c2cc1C. The summed E-state index contributed by atoms with van der Waals surface area (Å²) in [4.78, 5) is 8.68. The number of nitrogens with zero attached hydrogens (tertiary/aromatic N) is 4. The Balaban J connectivity index is 1.65. The van der Waals surface area contributed by atoms with Gasteiger partial charge in [0, 0.05) is 24.2 Å². The molecule has 0 radical (unpaired) electrons. The fourth-order valence-corrected chi connectivity index (χ4v) is 4.04. The summed E-state index contributed by atoms with van der Waals surface area (Å²) in [5.41, 5.74) is 10.6. The minimum Gasteiger partial charge on any atom is -0.353 e. The average molecular weight is 427 g/mol. The van der Waals surface area contributed by atoms with E-state index < -0.39 is 0 Å². The van der Waals surface area contributed by atoms with Crippen LogP contribution in [0, 0.1) is 13.8 Å². The molecule has 2 aliphatic rings. The molecular formula is C24H26N8. The van der Waals surface area contributed by atoms with Crippen LogP contribution in [0.4, 0.5) is 0 Å². The average Bonchev–Trinajstić information content (AvgIpc) is 3.51. The molecule has 3 aromatic carbocycles. The monoisotopic (exact) mass is 426 g/mol. The number of guanidine groups is 2. The van der Waals surface area contributed by atoms with Gasteiger partial charge in [0.05, 0.1) is 25.5 Å². The van der Waals surface area contributed by atoms with E-state index in [0.29, 0.717) is 11.9 Å². The molecule has 0 aromatic heterocycles. The van der Waals surface area contributed by atoms with Crippen molar-refractivity contribution in [3.05, 3.63) is 58.7 Å². The van der Waals surface area contributed by atoms with Crippen LogP contribution in [0.15, 0.2) is 56.6 Å². The fraction of sp³-hybridized carbons (Fsp3) is 0.250. The molecule has 2 heterocycles. The van der Waals surface area contributed by atoms with Crippen molar-refractivity contribution in [3.63, 3.8) is 0 Å². The van der Waals surface area contributed by atoms with Gasteiger partial charge >= 0.3 is 0 Å². The Bertz CT molecular complexity index is 1200. The highest BCUT2D eigenvalue weighted by Crippen LogP contribution is 2.33. The molecule has 0 saturated heterocycles. The van der Waals surface area contributed by atoms with E-state index in [1.165, 1.54) is 11.1 Å². The highest BCUT2D eigenvalue weighted by atomic mass is 15.4. The molecule has 0 aliphatic carbocycles. The van der Waals surface area contributed by atoms with E-state index in [2.05, 4.69) is 91.9 Å². The predicted octanol–water partition coefficient (Wildman–Crippen LogP) is 2.38. The number of hydrogen-bond acceptors (Lipinski definition) is 8. The van der Waals surface area contributed by atoms with E-state index in [9.17, 15) is 0 Å². The van der Waals surface area contributed by atoms with E-state index in [4.69, 9.17) is 0 Å². The van der Waals surface area contributed by atoms with Crippen molar-refractivity contribution in [2.75, 3.05) is 26.2 Å². The second-order valence-corrected chi connectivity index (χ2v) is 7.91. The zero-order chi connectivity index (χ0) is 21.9. The first kappa shape index (κ1) is 20.0. The standard InChI is InChI=1S/C24H26N8/c1-15-11-19-20(12-16(15)2)22(14-30-32-24-27-9-10-28-24)18-6-4-3-5-17(18)21(19)13-29-31-23-25-7-8-26-23/h3-6,11-14H,7-10H2,1-2H3,(H2,25,26,31)(H2,27,28,32)/b29-13+,30-14+. The zero-order valence-electron chi connectivity index (χ0n) is 18.2. The first-order valence-electron chi connectivity index (χ1n) is 10.8. The third-order valence-electron chi connectivity index (χ3n) is 5.80. The van der Waals surface area contributed by atoms with Crippen molar-refractivity contribution < 1.29 is 0 Å². The summed E-state index contributed by atoms with van der Waals surface area (Å²) >= 11 is 0. The summed E-state index contributed by atoms with van der Waals surface area (Å²) in [5.74, 6) is 1.42. The van der Waals surface area contributed by atoms with Gasteiger partial charge in [0.15, 0.2) is 0 Å². The summed E-state index contributed by atoms with van der Waals surface area (Å²) in [6, 6.07) is 12.8. The third kappa shape index (κ3) is 3.87. The lowest BCUT2D eigenvalue weighted by Crippen LogP contribution is -2.30. The first-order chi connectivity index (χ1) is 15.7. The van der Waals surface area contributed by atoms with Crippen LogP contribution in [0.3, 0.4) is 0 Å². The molecule has 3 aromatic rings. The molecule has 0 bridgehead atoms. The maximum Gasteiger partial charge on any atom is 0.212 e. The van der Waals surface area contributed by atoms with Crippen LogP contribution in [0.2, 0.25) is 0 Å². The number of fused-ring (bicyclic) bond motifs is 2. The van der Waals surface area contributed by atoms with Gasteiger partial charge < -0.3 is 10.6 Å². The fourth-order valence-electron chi connectivity index (χ4n) is 4.04. The third-order valence-corrected chi connectivity index (χ3v) is 5.80. The smallest absolute Gasteiger partial charge is 0.212 e. The van der Waals surface area contributed by atoms with Gasteiger partial charge in [-0.1, -0.05) is 36.4 Å². The topological polar surface area (TPSA) is 97.6 Å². The summed E-state index contributed by atoms with van der Waals surface area (Å²) < 4.78 is 0. The van der Waals surface area contributed by atoms with Gasteiger partial charge in [-0.25, -0.2) is 20.8 Å². The number of aryl methyl sites for hydroxylation is 2. The Labute approximate surface area is 186 Å². The van der Waals surface area contributed by atoms with Gasteiger partial charge in [-0.3, -0.25) is 0 Å². The second-order valence-electron chi connectivity index (χ2n) is 7.91. The number of hydrogen-bond donors (Lipinski definition) is 4. The molecule has 8 heteroatoms.